The Hall–Kier alpha value is -2.99. The second kappa shape index (κ2) is 9.22. The lowest BCUT2D eigenvalue weighted by Crippen LogP contribution is -2.46. The minimum atomic E-state index is -0.900. The van der Waals surface area contributed by atoms with Crippen LogP contribution in [-0.4, -0.2) is 17.9 Å². The quantitative estimate of drug-likeness (QED) is 0.583. The minimum Gasteiger partial charge on any atom is -0.351 e. The van der Waals surface area contributed by atoms with Crippen LogP contribution in [-0.2, 0) is 4.79 Å². The number of carbonyl (C=O) groups is 2. The van der Waals surface area contributed by atoms with E-state index in [1.807, 2.05) is 35.7 Å². The Morgan fingerprint density at radius 3 is 2.43 bits per heavy atom. The van der Waals surface area contributed by atoms with E-state index in [2.05, 4.69) is 5.32 Å². The van der Waals surface area contributed by atoms with Crippen molar-refractivity contribution in [3.8, 4) is 0 Å². The first kappa shape index (κ1) is 20.3. The molecule has 0 aliphatic heterocycles. The van der Waals surface area contributed by atoms with Crippen molar-refractivity contribution in [2.24, 2.45) is 0 Å². The molecule has 1 unspecified atom stereocenters. The Kier molecular flexibility index (Phi) is 6.23. The molecule has 0 radical (unpaired) electrons. The fourth-order valence-corrected chi connectivity index (χ4v) is 4.59. The van der Waals surface area contributed by atoms with Gasteiger partial charge in [-0.3, -0.25) is 14.5 Å². The molecule has 4 rings (SSSR count). The zero-order valence-electron chi connectivity index (χ0n) is 16.5. The first-order valence-corrected chi connectivity index (χ1v) is 11.0. The molecule has 154 valence electrons. The Labute approximate surface area is 179 Å². The van der Waals surface area contributed by atoms with Crippen molar-refractivity contribution >= 4 is 28.8 Å². The van der Waals surface area contributed by atoms with Crippen LogP contribution in [0.1, 0.15) is 47.0 Å². The van der Waals surface area contributed by atoms with Gasteiger partial charge in [-0.1, -0.05) is 55.3 Å². The van der Waals surface area contributed by atoms with E-state index in [-0.39, 0.29) is 17.9 Å². The number of nitrogens with zero attached hydrogens (tertiary/aromatic N) is 1. The van der Waals surface area contributed by atoms with Crippen LogP contribution < -0.4 is 10.2 Å². The van der Waals surface area contributed by atoms with Crippen LogP contribution in [0.5, 0.6) is 0 Å². The summed E-state index contributed by atoms with van der Waals surface area (Å²) in [6, 6.07) is 17.7. The molecule has 0 spiro atoms. The molecule has 1 fully saturated rings. The summed E-state index contributed by atoms with van der Waals surface area (Å²) in [6.45, 7) is 0. The number of anilines is 1. The lowest BCUT2D eigenvalue weighted by molar-refractivity contribution is -0.123. The summed E-state index contributed by atoms with van der Waals surface area (Å²) in [5.74, 6) is -1.03. The fraction of sp³-hybridized carbons (Fsp3) is 0.250. The number of carbonyl (C=O) groups excluding carboxylic acids is 2. The standard InChI is InChI=1S/C24H23FN2O2S/c25-18-10-6-13-20(16-18)27(24(29)21-14-7-15-30-21)22(17-8-2-1-3-9-17)23(28)26-19-11-4-5-12-19/h1-3,6-10,13-16,19,22H,4-5,11-12H2,(H,26,28). The van der Waals surface area contributed by atoms with Gasteiger partial charge in [-0.25, -0.2) is 4.39 Å². The summed E-state index contributed by atoms with van der Waals surface area (Å²) in [5.41, 5.74) is 1.03. The maximum absolute atomic E-state index is 14.1. The molecule has 1 aliphatic carbocycles. The van der Waals surface area contributed by atoms with Crippen molar-refractivity contribution in [3.63, 3.8) is 0 Å². The topological polar surface area (TPSA) is 49.4 Å². The molecule has 1 saturated carbocycles. The zero-order chi connectivity index (χ0) is 20.9. The van der Waals surface area contributed by atoms with Crippen molar-refractivity contribution in [2.75, 3.05) is 4.90 Å². The largest absolute Gasteiger partial charge is 0.351 e. The summed E-state index contributed by atoms with van der Waals surface area (Å²) in [6.07, 6.45) is 4.05. The number of benzene rings is 2. The van der Waals surface area contributed by atoms with Crippen molar-refractivity contribution in [1.82, 2.24) is 5.32 Å². The molecule has 6 heteroatoms. The van der Waals surface area contributed by atoms with Crippen molar-refractivity contribution in [1.29, 1.82) is 0 Å². The summed E-state index contributed by atoms with van der Waals surface area (Å²) >= 11 is 1.30. The third-order valence-corrected chi connectivity index (χ3v) is 6.22. The Balaban J connectivity index is 1.79. The van der Waals surface area contributed by atoms with Gasteiger partial charge in [-0.2, -0.15) is 0 Å². The van der Waals surface area contributed by atoms with Crippen LogP contribution in [0.4, 0.5) is 10.1 Å². The first-order valence-electron chi connectivity index (χ1n) is 10.1. The molecular formula is C24H23FN2O2S. The van der Waals surface area contributed by atoms with E-state index in [0.717, 1.165) is 25.7 Å². The van der Waals surface area contributed by atoms with Crippen LogP contribution in [0, 0.1) is 5.82 Å². The van der Waals surface area contributed by atoms with Crippen LogP contribution in [0.15, 0.2) is 72.1 Å². The number of hydrogen-bond donors (Lipinski definition) is 1. The maximum atomic E-state index is 14.1. The van der Waals surface area contributed by atoms with Crippen molar-refractivity contribution in [2.45, 2.75) is 37.8 Å². The van der Waals surface area contributed by atoms with Gasteiger partial charge in [0.05, 0.1) is 4.88 Å². The average molecular weight is 423 g/mol. The van der Waals surface area contributed by atoms with Gasteiger partial charge < -0.3 is 5.32 Å². The molecule has 1 aliphatic rings. The van der Waals surface area contributed by atoms with Crippen molar-refractivity contribution < 1.29 is 14.0 Å². The van der Waals surface area contributed by atoms with Crippen LogP contribution >= 0.6 is 11.3 Å². The number of halogens is 1. The number of rotatable bonds is 6. The maximum Gasteiger partial charge on any atom is 0.269 e. The molecular weight excluding hydrogens is 399 g/mol. The normalized spacial score (nSPS) is 15.0. The first-order chi connectivity index (χ1) is 14.6. The molecule has 1 atom stereocenters. The highest BCUT2D eigenvalue weighted by atomic mass is 32.1. The number of nitrogens with one attached hydrogen (secondary N) is 1. The van der Waals surface area contributed by atoms with Gasteiger partial charge in [0.15, 0.2) is 0 Å². The van der Waals surface area contributed by atoms with Gasteiger partial charge >= 0.3 is 0 Å². The molecule has 30 heavy (non-hydrogen) atoms. The molecule has 1 aromatic heterocycles. The van der Waals surface area contributed by atoms with E-state index in [9.17, 15) is 14.0 Å². The van der Waals surface area contributed by atoms with E-state index in [0.29, 0.717) is 16.1 Å². The smallest absolute Gasteiger partial charge is 0.269 e. The van der Waals surface area contributed by atoms with E-state index in [4.69, 9.17) is 0 Å². The molecule has 3 aromatic rings. The zero-order valence-corrected chi connectivity index (χ0v) is 17.3. The van der Waals surface area contributed by atoms with Gasteiger partial charge in [0.1, 0.15) is 11.9 Å². The van der Waals surface area contributed by atoms with Crippen LogP contribution in [0.2, 0.25) is 0 Å². The molecule has 2 amide bonds. The summed E-state index contributed by atoms with van der Waals surface area (Å²) in [5, 5.41) is 4.93. The van der Waals surface area contributed by atoms with Gasteiger partial charge in [0, 0.05) is 11.7 Å². The predicted molar refractivity (Wildman–Crippen MR) is 117 cm³/mol. The van der Waals surface area contributed by atoms with E-state index >= 15 is 0 Å². The second-order valence-corrected chi connectivity index (χ2v) is 8.38. The third kappa shape index (κ3) is 4.44. The minimum absolute atomic E-state index is 0.106. The molecule has 1 heterocycles. The third-order valence-electron chi connectivity index (χ3n) is 5.36. The predicted octanol–water partition coefficient (Wildman–Crippen LogP) is 5.33. The average Bonchev–Trinajstić information content (AvgIpc) is 3.46. The lowest BCUT2D eigenvalue weighted by Gasteiger charge is -2.32. The molecule has 0 saturated heterocycles. The summed E-state index contributed by atoms with van der Waals surface area (Å²) in [7, 11) is 0. The van der Waals surface area contributed by atoms with Gasteiger partial charge in [0.2, 0.25) is 5.91 Å². The van der Waals surface area contributed by atoms with Gasteiger partial charge in [-0.15, -0.1) is 11.3 Å². The second-order valence-electron chi connectivity index (χ2n) is 7.44. The Bertz CT molecular complexity index is 1000. The van der Waals surface area contributed by atoms with E-state index in [1.54, 1.807) is 24.3 Å². The highest BCUT2D eigenvalue weighted by Gasteiger charge is 2.35. The fourth-order valence-electron chi connectivity index (χ4n) is 3.93. The molecule has 4 nitrogen and oxygen atoms in total. The highest BCUT2D eigenvalue weighted by molar-refractivity contribution is 7.12. The molecule has 1 N–H and O–H groups in total. The van der Waals surface area contributed by atoms with E-state index < -0.39 is 11.9 Å². The number of hydrogen-bond acceptors (Lipinski definition) is 3. The van der Waals surface area contributed by atoms with Crippen molar-refractivity contribution in [3.05, 3.63) is 88.4 Å². The van der Waals surface area contributed by atoms with Gasteiger partial charge in [0.25, 0.3) is 5.91 Å². The molecule has 2 aromatic carbocycles. The van der Waals surface area contributed by atoms with Gasteiger partial charge in [-0.05, 0) is 48.1 Å². The molecule has 0 bridgehead atoms. The lowest BCUT2D eigenvalue weighted by atomic mass is 10.0. The number of thiophene rings is 1. The van der Waals surface area contributed by atoms with Crippen LogP contribution in [0.25, 0.3) is 0 Å². The SMILES string of the molecule is O=C(NC1CCCC1)C(c1ccccc1)N(C(=O)c1cccs1)c1cccc(F)c1. The Morgan fingerprint density at radius 2 is 1.77 bits per heavy atom. The number of amides is 2. The van der Waals surface area contributed by atoms with E-state index in [1.165, 1.54) is 28.4 Å². The highest BCUT2D eigenvalue weighted by Crippen LogP contribution is 2.32. The van der Waals surface area contributed by atoms with Crippen LogP contribution in [0.3, 0.4) is 0 Å². The summed E-state index contributed by atoms with van der Waals surface area (Å²) in [4.78, 5) is 28.9. The Morgan fingerprint density at radius 1 is 1.00 bits per heavy atom. The summed E-state index contributed by atoms with van der Waals surface area (Å²) < 4.78 is 14.1. The monoisotopic (exact) mass is 422 g/mol.